The fourth-order valence-corrected chi connectivity index (χ4v) is 1.87. The second kappa shape index (κ2) is 8.05. The number of nitrogens with one attached hydrogen (secondary N) is 2. The molecule has 0 aliphatic carbocycles. The van der Waals surface area contributed by atoms with Crippen LogP contribution in [0.3, 0.4) is 0 Å². The van der Waals surface area contributed by atoms with Crippen LogP contribution < -0.4 is 15.4 Å². The molecule has 2 aromatic carbocycles. The van der Waals surface area contributed by atoms with E-state index in [1.54, 1.807) is 12.1 Å². The van der Waals surface area contributed by atoms with Gasteiger partial charge in [-0.25, -0.2) is 4.79 Å². The molecule has 0 heterocycles. The molecule has 0 saturated heterocycles. The zero-order chi connectivity index (χ0) is 15.8. The van der Waals surface area contributed by atoms with Crippen molar-refractivity contribution in [3.8, 4) is 5.75 Å². The van der Waals surface area contributed by atoms with Gasteiger partial charge in [-0.1, -0.05) is 36.4 Å². The van der Waals surface area contributed by atoms with Crippen LogP contribution in [0, 0.1) is 6.92 Å². The number of carbonyl (C=O) groups excluding carboxylic acids is 1. The lowest BCUT2D eigenvalue weighted by molar-refractivity contribution is 0.108. The molecule has 2 aromatic rings. The van der Waals surface area contributed by atoms with Crippen molar-refractivity contribution in [2.75, 3.05) is 18.5 Å². The third-order valence-corrected chi connectivity index (χ3v) is 3.05. The number of carbonyl (C=O) groups is 1. The highest BCUT2D eigenvalue weighted by atomic mass is 16.5. The smallest absolute Gasteiger partial charge is 0.319 e. The van der Waals surface area contributed by atoms with Gasteiger partial charge in [0.15, 0.2) is 0 Å². The molecule has 116 valence electrons. The van der Waals surface area contributed by atoms with Crippen molar-refractivity contribution in [1.29, 1.82) is 0 Å². The summed E-state index contributed by atoms with van der Waals surface area (Å²) in [6.07, 6.45) is -0.777. The molecule has 1 atom stereocenters. The highest BCUT2D eigenvalue weighted by Gasteiger charge is 2.08. The van der Waals surface area contributed by atoms with Crippen molar-refractivity contribution in [3.05, 3.63) is 60.2 Å². The zero-order valence-corrected chi connectivity index (χ0v) is 12.5. The van der Waals surface area contributed by atoms with E-state index in [0.29, 0.717) is 5.69 Å². The molecule has 0 aromatic heterocycles. The Kier molecular flexibility index (Phi) is 5.80. The number of anilines is 1. The average molecular weight is 300 g/mol. The van der Waals surface area contributed by atoms with Crippen LogP contribution in [0.15, 0.2) is 54.6 Å². The number of aryl methyl sites for hydroxylation is 1. The van der Waals surface area contributed by atoms with E-state index < -0.39 is 6.10 Å². The Morgan fingerprint density at radius 2 is 1.82 bits per heavy atom. The maximum atomic E-state index is 11.7. The van der Waals surface area contributed by atoms with Gasteiger partial charge in [-0.05, 0) is 30.7 Å². The maximum absolute atomic E-state index is 11.7. The van der Waals surface area contributed by atoms with E-state index in [4.69, 9.17) is 4.74 Å². The third-order valence-electron chi connectivity index (χ3n) is 3.05. The van der Waals surface area contributed by atoms with E-state index in [0.717, 1.165) is 11.3 Å². The lowest BCUT2D eigenvalue weighted by Gasteiger charge is -2.14. The number of amides is 2. The van der Waals surface area contributed by atoms with Crippen LogP contribution in [0.25, 0.3) is 0 Å². The maximum Gasteiger partial charge on any atom is 0.319 e. The SMILES string of the molecule is Cc1ccccc1OCC(O)CNC(=O)Nc1ccccc1. The number of para-hydroxylation sites is 2. The summed E-state index contributed by atoms with van der Waals surface area (Å²) >= 11 is 0. The quantitative estimate of drug-likeness (QED) is 0.768. The summed E-state index contributed by atoms with van der Waals surface area (Å²) in [5.74, 6) is 0.732. The number of ether oxygens (including phenoxy) is 1. The number of urea groups is 1. The van der Waals surface area contributed by atoms with Crippen LogP contribution >= 0.6 is 0 Å². The average Bonchev–Trinajstić information content (AvgIpc) is 2.53. The van der Waals surface area contributed by atoms with E-state index in [-0.39, 0.29) is 19.2 Å². The molecule has 0 spiro atoms. The second-order valence-corrected chi connectivity index (χ2v) is 4.93. The van der Waals surface area contributed by atoms with Crippen molar-refractivity contribution in [2.24, 2.45) is 0 Å². The van der Waals surface area contributed by atoms with Crippen molar-refractivity contribution >= 4 is 11.7 Å². The standard InChI is InChI=1S/C17H20N2O3/c1-13-7-5-6-10-16(13)22-12-15(20)11-18-17(21)19-14-8-3-2-4-9-14/h2-10,15,20H,11-12H2,1H3,(H2,18,19,21). The first-order chi connectivity index (χ1) is 10.6. The van der Waals surface area contributed by atoms with Gasteiger partial charge in [0.2, 0.25) is 0 Å². The number of hydrogen-bond donors (Lipinski definition) is 3. The minimum Gasteiger partial charge on any atom is -0.491 e. The fraction of sp³-hybridized carbons (Fsp3) is 0.235. The minimum atomic E-state index is -0.777. The largest absolute Gasteiger partial charge is 0.491 e. The Hall–Kier alpha value is -2.53. The highest BCUT2D eigenvalue weighted by Crippen LogP contribution is 2.16. The van der Waals surface area contributed by atoms with E-state index in [9.17, 15) is 9.90 Å². The Morgan fingerprint density at radius 1 is 1.14 bits per heavy atom. The van der Waals surface area contributed by atoms with Crippen molar-refractivity contribution in [2.45, 2.75) is 13.0 Å². The van der Waals surface area contributed by atoms with Crippen LogP contribution in [0.2, 0.25) is 0 Å². The first-order valence-electron chi connectivity index (χ1n) is 7.11. The molecule has 0 aliphatic heterocycles. The van der Waals surface area contributed by atoms with Gasteiger partial charge in [-0.3, -0.25) is 0 Å². The summed E-state index contributed by atoms with van der Waals surface area (Å²) in [5, 5.41) is 15.1. The van der Waals surface area contributed by atoms with Crippen molar-refractivity contribution in [3.63, 3.8) is 0 Å². The highest BCUT2D eigenvalue weighted by molar-refractivity contribution is 5.89. The van der Waals surface area contributed by atoms with Crippen LogP contribution in [0.5, 0.6) is 5.75 Å². The molecule has 2 rings (SSSR count). The van der Waals surface area contributed by atoms with Gasteiger partial charge in [-0.2, -0.15) is 0 Å². The zero-order valence-electron chi connectivity index (χ0n) is 12.5. The van der Waals surface area contributed by atoms with Gasteiger partial charge in [0, 0.05) is 12.2 Å². The van der Waals surface area contributed by atoms with Crippen LogP contribution in [0.1, 0.15) is 5.56 Å². The predicted molar refractivity (Wildman–Crippen MR) is 86.1 cm³/mol. The Balaban J connectivity index is 1.70. The molecular formula is C17H20N2O3. The molecule has 0 radical (unpaired) electrons. The minimum absolute atomic E-state index is 0.116. The summed E-state index contributed by atoms with van der Waals surface area (Å²) < 4.78 is 5.53. The topological polar surface area (TPSA) is 70.6 Å². The van der Waals surface area contributed by atoms with Gasteiger partial charge in [-0.15, -0.1) is 0 Å². The van der Waals surface area contributed by atoms with E-state index in [1.807, 2.05) is 49.4 Å². The molecule has 5 nitrogen and oxygen atoms in total. The van der Waals surface area contributed by atoms with Crippen molar-refractivity contribution < 1.29 is 14.6 Å². The molecule has 1 unspecified atom stereocenters. The van der Waals surface area contributed by atoms with Gasteiger partial charge < -0.3 is 20.5 Å². The predicted octanol–water partition coefficient (Wildman–Crippen LogP) is 2.56. The number of aliphatic hydroxyl groups excluding tert-OH is 1. The lowest BCUT2D eigenvalue weighted by atomic mass is 10.2. The van der Waals surface area contributed by atoms with Crippen LogP contribution in [0.4, 0.5) is 10.5 Å². The Morgan fingerprint density at radius 3 is 2.55 bits per heavy atom. The molecule has 3 N–H and O–H groups in total. The first-order valence-corrected chi connectivity index (χ1v) is 7.11. The molecule has 0 saturated carbocycles. The van der Waals surface area contributed by atoms with Crippen LogP contribution in [-0.4, -0.2) is 30.4 Å². The molecule has 0 aliphatic rings. The Labute approximate surface area is 129 Å². The summed E-state index contributed by atoms with van der Waals surface area (Å²) in [7, 11) is 0. The van der Waals surface area contributed by atoms with Gasteiger partial charge >= 0.3 is 6.03 Å². The molecule has 0 fully saturated rings. The lowest BCUT2D eigenvalue weighted by Crippen LogP contribution is -2.37. The van der Waals surface area contributed by atoms with E-state index in [2.05, 4.69) is 10.6 Å². The summed E-state index contributed by atoms with van der Waals surface area (Å²) in [6.45, 7) is 2.17. The second-order valence-electron chi connectivity index (χ2n) is 4.93. The van der Waals surface area contributed by atoms with Gasteiger partial charge in [0.25, 0.3) is 0 Å². The van der Waals surface area contributed by atoms with E-state index in [1.165, 1.54) is 0 Å². The summed E-state index contributed by atoms with van der Waals surface area (Å²) in [5.41, 5.74) is 1.70. The fourth-order valence-electron chi connectivity index (χ4n) is 1.87. The van der Waals surface area contributed by atoms with E-state index >= 15 is 0 Å². The summed E-state index contributed by atoms with van der Waals surface area (Å²) in [4.78, 5) is 11.7. The molecule has 0 bridgehead atoms. The summed E-state index contributed by atoms with van der Waals surface area (Å²) in [6, 6.07) is 16.3. The Bertz CT molecular complexity index is 602. The van der Waals surface area contributed by atoms with Gasteiger partial charge in [0.05, 0.1) is 0 Å². The monoisotopic (exact) mass is 300 g/mol. The first kappa shape index (κ1) is 15.9. The number of rotatable bonds is 6. The molecular weight excluding hydrogens is 280 g/mol. The molecule has 5 heteroatoms. The van der Waals surface area contributed by atoms with Crippen LogP contribution in [-0.2, 0) is 0 Å². The third kappa shape index (κ3) is 5.10. The number of benzene rings is 2. The number of aliphatic hydroxyl groups is 1. The number of hydrogen-bond acceptors (Lipinski definition) is 3. The van der Waals surface area contributed by atoms with Crippen molar-refractivity contribution in [1.82, 2.24) is 5.32 Å². The van der Waals surface area contributed by atoms with Gasteiger partial charge in [0.1, 0.15) is 18.5 Å². The normalized spacial score (nSPS) is 11.5. The molecule has 2 amide bonds. The molecule has 22 heavy (non-hydrogen) atoms.